The molecule has 1 aromatic heterocycles. The fraction of sp³-hybridized carbons (Fsp3) is 0.188. The summed E-state index contributed by atoms with van der Waals surface area (Å²) < 4.78 is 9.25. The molecule has 0 spiro atoms. The molecule has 0 aliphatic heterocycles. The number of ether oxygens (including phenoxy) is 1. The summed E-state index contributed by atoms with van der Waals surface area (Å²) in [5.41, 5.74) is 8.95. The zero-order chi connectivity index (χ0) is 15.7. The molecular formula is C16H18N5O+. The zero-order valence-electron chi connectivity index (χ0n) is 12.8. The summed E-state index contributed by atoms with van der Waals surface area (Å²) in [6.45, 7) is 0. The summed E-state index contributed by atoms with van der Waals surface area (Å²) in [6, 6.07) is 11.3. The predicted octanol–water partition coefficient (Wildman–Crippen LogP) is 3.01. The smallest absolute Gasteiger partial charge is 0.203 e. The Hall–Kier alpha value is -2.89. The van der Waals surface area contributed by atoms with Gasteiger partial charge < -0.3 is 10.5 Å². The number of rotatable bonds is 3. The summed E-state index contributed by atoms with van der Waals surface area (Å²) in [6.07, 6.45) is 2.02. The zero-order valence-corrected chi connectivity index (χ0v) is 12.8. The highest BCUT2D eigenvalue weighted by Gasteiger charge is 2.15. The highest BCUT2D eigenvalue weighted by Crippen LogP contribution is 2.34. The Morgan fingerprint density at radius 1 is 1.14 bits per heavy atom. The van der Waals surface area contributed by atoms with Crippen LogP contribution in [0.3, 0.4) is 0 Å². The van der Waals surface area contributed by atoms with E-state index in [1.807, 2.05) is 66.1 Å². The van der Waals surface area contributed by atoms with E-state index in [2.05, 4.69) is 10.2 Å². The van der Waals surface area contributed by atoms with Gasteiger partial charge in [0.2, 0.25) is 6.20 Å². The van der Waals surface area contributed by atoms with Crippen molar-refractivity contribution in [2.24, 2.45) is 24.3 Å². The first-order valence-electron chi connectivity index (χ1n) is 6.90. The van der Waals surface area contributed by atoms with E-state index >= 15 is 0 Å². The second-order valence-electron chi connectivity index (χ2n) is 5.04. The minimum absolute atomic E-state index is 0.591. The van der Waals surface area contributed by atoms with Crippen LogP contribution in [0.25, 0.3) is 10.9 Å². The van der Waals surface area contributed by atoms with E-state index in [0.717, 1.165) is 10.9 Å². The van der Waals surface area contributed by atoms with E-state index in [1.54, 1.807) is 7.11 Å². The van der Waals surface area contributed by atoms with Crippen LogP contribution in [0.1, 0.15) is 0 Å². The fourth-order valence-electron chi connectivity index (χ4n) is 2.42. The molecule has 3 rings (SSSR count). The van der Waals surface area contributed by atoms with E-state index in [-0.39, 0.29) is 0 Å². The minimum Gasteiger partial charge on any atom is -0.494 e. The predicted molar refractivity (Wildman–Crippen MR) is 85.7 cm³/mol. The quantitative estimate of drug-likeness (QED) is 0.458. The molecule has 6 heteroatoms. The molecular weight excluding hydrogens is 278 g/mol. The van der Waals surface area contributed by atoms with Gasteiger partial charge >= 0.3 is 0 Å². The number of hydrogen-bond donors (Lipinski definition) is 1. The molecule has 0 unspecified atom stereocenters. The normalized spacial score (nSPS) is 11.4. The Kier molecular flexibility index (Phi) is 3.50. The Morgan fingerprint density at radius 3 is 2.68 bits per heavy atom. The van der Waals surface area contributed by atoms with Crippen LogP contribution in [-0.2, 0) is 14.1 Å². The molecule has 0 aliphatic carbocycles. The van der Waals surface area contributed by atoms with Gasteiger partial charge in [-0.2, -0.15) is 4.68 Å². The van der Waals surface area contributed by atoms with Gasteiger partial charge in [-0.05, 0) is 24.3 Å². The lowest BCUT2D eigenvalue weighted by Gasteiger charge is -2.04. The molecule has 0 amide bonds. The third kappa shape index (κ3) is 2.28. The summed E-state index contributed by atoms with van der Waals surface area (Å²) in [7, 11) is 5.54. The second kappa shape index (κ2) is 5.48. The molecule has 0 radical (unpaired) electrons. The van der Waals surface area contributed by atoms with Crippen LogP contribution >= 0.6 is 0 Å². The number of aryl methyl sites for hydroxylation is 2. The van der Waals surface area contributed by atoms with E-state index in [9.17, 15) is 0 Å². The van der Waals surface area contributed by atoms with Crippen LogP contribution in [-0.4, -0.2) is 11.8 Å². The monoisotopic (exact) mass is 296 g/mol. The summed E-state index contributed by atoms with van der Waals surface area (Å²) >= 11 is 0. The average Bonchev–Trinajstić information content (AvgIpc) is 2.82. The topological polar surface area (TPSA) is 68.8 Å². The molecule has 0 bridgehead atoms. The van der Waals surface area contributed by atoms with Crippen molar-refractivity contribution < 1.29 is 9.42 Å². The lowest BCUT2D eigenvalue weighted by molar-refractivity contribution is -0.748. The van der Waals surface area contributed by atoms with Crippen molar-refractivity contribution in [3.63, 3.8) is 0 Å². The van der Waals surface area contributed by atoms with Crippen molar-refractivity contribution in [2.45, 2.75) is 0 Å². The first kappa shape index (κ1) is 14.1. The summed E-state index contributed by atoms with van der Waals surface area (Å²) in [5.74, 6) is 0.675. The standard InChI is InChI=1S/C16H17N5O/c1-20-10-11-8-9-12(17)15(16(11)21(20)2)19-18-13-6-4-5-7-14(13)22-3/h4-10,17H,1-3H3/p+1. The van der Waals surface area contributed by atoms with Gasteiger partial charge in [0, 0.05) is 0 Å². The van der Waals surface area contributed by atoms with Gasteiger partial charge in [0.25, 0.3) is 0 Å². The SMILES string of the molecule is COc1ccccc1N=Nc1c(N)ccc2c[n+](C)n(C)c12. The molecule has 1 heterocycles. The maximum absolute atomic E-state index is 6.09. The maximum Gasteiger partial charge on any atom is 0.203 e. The number of nitrogen functional groups attached to an aromatic ring is 1. The Morgan fingerprint density at radius 2 is 1.91 bits per heavy atom. The fourth-order valence-corrected chi connectivity index (χ4v) is 2.42. The lowest BCUT2D eigenvalue weighted by Crippen LogP contribution is -2.36. The molecule has 0 atom stereocenters. The van der Waals surface area contributed by atoms with Crippen LogP contribution in [0.4, 0.5) is 17.1 Å². The van der Waals surface area contributed by atoms with Crippen LogP contribution in [0.15, 0.2) is 52.8 Å². The van der Waals surface area contributed by atoms with Crippen LogP contribution < -0.4 is 15.2 Å². The number of nitrogens with zero attached hydrogens (tertiary/aromatic N) is 4. The summed E-state index contributed by atoms with van der Waals surface area (Å²) in [5, 5.41) is 9.74. The minimum atomic E-state index is 0.591. The summed E-state index contributed by atoms with van der Waals surface area (Å²) in [4.78, 5) is 0. The number of aromatic nitrogens is 2. The van der Waals surface area contributed by atoms with Crippen molar-refractivity contribution in [3.8, 4) is 5.75 Å². The molecule has 2 aromatic carbocycles. The molecule has 0 fully saturated rings. The molecule has 0 saturated heterocycles. The highest BCUT2D eigenvalue weighted by atomic mass is 16.5. The number of para-hydroxylation sites is 1. The van der Waals surface area contributed by atoms with E-state index in [1.165, 1.54) is 0 Å². The first-order chi connectivity index (χ1) is 10.6. The van der Waals surface area contributed by atoms with Crippen LogP contribution in [0.2, 0.25) is 0 Å². The average molecular weight is 296 g/mol. The van der Waals surface area contributed by atoms with Crippen LogP contribution in [0.5, 0.6) is 5.75 Å². The van der Waals surface area contributed by atoms with Crippen molar-refractivity contribution in [3.05, 3.63) is 42.6 Å². The maximum atomic E-state index is 6.09. The van der Waals surface area contributed by atoms with Gasteiger partial charge in [-0.1, -0.05) is 12.1 Å². The number of hydrogen-bond acceptors (Lipinski definition) is 4. The molecule has 2 N–H and O–H groups in total. The van der Waals surface area contributed by atoms with Gasteiger partial charge in [0.15, 0.2) is 7.05 Å². The number of nitrogens with two attached hydrogens (primary N) is 1. The molecule has 6 nitrogen and oxygen atoms in total. The second-order valence-corrected chi connectivity index (χ2v) is 5.04. The van der Waals surface area contributed by atoms with Gasteiger partial charge in [-0.3, -0.25) is 0 Å². The number of azo groups is 1. The molecule has 22 heavy (non-hydrogen) atoms. The highest BCUT2D eigenvalue weighted by molar-refractivity contribution is 5.94. The van der Waals surface area contributed by atoms with Crippen molar-refractivity contribution in [1.29, 1.82) is 0 Å². The van der Waals surface area contributed by atoms with Crippen molar-refractivity contribution in [2.75, 3.05) is 12.8 Å². The molecule has 112 valence electrons. The molecule has 0 aliphatic rings. The molecule has 0 saturated carbocycles. The van der Waals surface area contributed by atoms with Crippen molar-refractivity contribution in [1.82, 2.24) is 4.68 Å². The number of anilines is 1. The number of fused-ring (bicyclic) bond motifs is 1. The Bertz CT molecular complexity index is 866. The van der Waals surface area contributed by atoms with Crippen LogP contribution in [0, 0.1) is 0 Å². The van der Waals surface area contributed by atoms with E-state index in [4.69, 9.17) is 10.5 Å². The Balaban J connectivity index is 2.14. The van der Waals surface area contributed by atoms with Crippen molar-refractivity contribution >= 4 is 28.0 Å². The van der Waals surface area contributed by atoms with Gasteiger partial charge in [-0.15, -0.1) is 14.9 Å². The third-order valence-electron chi connectivity index (χ3n) is 3.68. The third-order valence-corrected chi connectivity index (χ3v) is 3.68. The van der Waals surface area contributed by atoms with Gasteiger partial charge in [-0.25, -0.2) is 0 Å². The van der Waals surface area contributed by atoms with E-state index < -0.39 is 0 Å². The molecule has 3 aromatic rings. The first-order valence-corrected chi connectivity index (χ1v) is 6.90. The van der Waals surface area contributed by atoms with E-state index in [0.29, 0.717) is 22.8 Å². The lowest BCUT2D eigenvalue weighted by atomic mass is 10.2. The number of benzene rings is 2. The number of methoxy groups -OCH3 is 1. The van der Waals surface area contributed by atoms with Gasteiger partial charge in [0.1, 0.15) is 22.6 Å². The Labute approximate surface area is 128 Å². The van der Waals surface area contributed by atoms with Gasteiger partial charge in [0.05, 0.1) is 25.2 Å². The largest absolute Gasteiger partial charge is 0.494 e.